The Bertz CT molecular complexity index is 286. The Hall–Kier alpha value is -1.35. The summed E-state index contributed by atoms with van der Waals surface area (Å²) in [6.07, 6.45) is 2.67. The van der Waals surface area contributed by atoms with Gasteiger partial charge in [-0.2, -0.15) is 0 Å². The molecule has 0 saturated heterocycles. The van der Waals surface area contributed by atoms with Gasteiger partial charge < -0.3 is 10.5 Å². The number of nitrogens with two attached hydrogens (primary N) is 1. The van der Waals surface area contributed by atoms with Crippen LogP contribution in [0.5, 0.6) is 5.75 Å². The van der Waals surface area contributed by atoms with Gasteiger partial charge in [-0.15, -0.1) is 0 Å². The molecule has 1 aromatic rings. The first kappa shape index (κ1) is 10.7. The van der Waals surface area contributed by atoms with E-state index < -0.39 is 0 Å². The number of aldehydes is 1. The van der Waals surface area contributed by atoms with Gasteiger partial charge in [0.05, 0.1) is 12.2 Å². The lowest BCUT2D eigenvalue weighted by Gasteiger charge is -2.07. The number of rotatable bonds is 6. The van der Waals surface area contributed by atoms with E-state index in [-0.39, 0.29) is 0 Å². The molecule has 0 saturated carbocycles. The summed E-state index contributed by atoms with van der Waals surface area (Å²) in [5, 5.41) is 0. The maximum Gasteiger partial charge on any atom is 0.153 e. The van der Waals surface area contributed by atoms with Gasteiger partial charge >= 0.3 is 0 Å². The van der Waals surface area contributed by atoms with Crippen LogP contribution in [-0.4, -0.2) is 19.4 Å². The van der Waals surface area contributed by atoms with Crippen molar-refractivity contribution in [1.29, 1.82) is 0 Å². The highest BCUT2D eigenvalue weighted by molar-refractivity contribution is 5.79. The highest BCUT2D eigenvalue weighted by Gasteiger charge is 1.99. The molecule has 0 aliphatic carbocycles. The van der Waals surface area contributed by atoms with Crippen LogP contribution >= 0.6 is 0 Å². The second kappa shape index (κ2) is 6.16. The van der Waals surface area contributed by atoms with E-state index in [1.165, 1.54) is 0 Å². The summed E-state index contributed by atoms with van der Waals surface area (Å²) in [4.78, 5) is 10.6. The van der Waals surface area contributed by atoms with E-state index in [9.17, 15) is 4.79 Å². The average molecular weight is 193 g/mol. The molecule has 0 aliphatic heterocycles. The van der Waals surface area contributed by atoms with Crippen molar-refractivity contribution >= 4 is 6.29 Å². The van der Waals surface area contributed by atoms with E-state index in [4.69, 9.17) is 10.5 Å². The fourth-order valence-corrected chi connectivity index (χ4v) is 1.14. The van der Waals surface area contributed by atoms with Gasteiger partial charge in [0.15, 0.2) is 6.29 Å². The van der Waals surface area contributed by atoms with Crippen molar-refractivity contribution in [2.24, 2.45) is 5.73 Å². The second-order valence-corrected chi connectivity index (χ2v) is 3.00. The van der Waals surface area contributed by atoms with Gasteiger partial charge in [0, 0.05) is 0 Å². The highest BCUT2D eigenvalue weighted by atomic mass is 16.5. The fourth-order valence-electron chi connectivity index (χ4n) is 1.14. The Balaban J connectivity index is 2.45. The monoisotopic (exact) mass is 193 g/mol. The molecule has 0 amide bonds. The van der Waals surface area contributed by atoms with E-state index in [1.54, 1.807) is 12.1 Å². The number of carbonyl (C=O) groups excluding carboxylic acids is 1. The Labute approximate surface area is 83.9 Å². The lowest BCUT2D eigenvalue weighted by Crippen LogP contribution is -2.04. The molecule has 0 unspecified atom stereocenters. The first-order valence-corrected chi connectivity index (χ1v) is 4.75. The van der Waals surface area contributed by atoms with Gasteiger partial charge in [0.25, 0.3) is 0 Å². The molecule has 1 rings (SSSR count). The fraction of sp³-hybridized carbons (Fsp3) is 0.364. The van der Waals surface area contributed by atoms with E-state index in [0.717, 1.165) is 19.1 Å². The number of para-hydroxylation sites is 1. The Morgan fingerprint density at radius 2 is 2.07 bits per heavy atom. The number of hydrogen-bond donors (Lipinski definition) is 1. The van der Waals surface area contributed by atoms with Crippen molar-refractivity contribution in [2.45, 2.75) is 12.8 Å². The molecule has 3 nitrogen and oxygen atoms in total. The first-order valence-electron chi connectivity index (χ1n) is 4.75. The minimum absolute atomic E-state index is 0.597. The third-order valence-corrected chi connectivity index (χ3v) is 1.90. The summed E-state index contributed by atoms with van der Waals surface area (Å²) in [6, 6.07) is 7.21. The van der Waals surface area contributed by atoms with Crippen LogP contribution in [-0.2, 0) is 0 Å². The van der Waals surface area contributed by atoms with E-state index >= 15 is 0 Å². The molecule has 0 aromatic heterocycles. The first-order chi connectivity index (χ1) is 6.88. The third kappa shape index (κ3) is 3.18. The van der Waals surface area contributed by atoms with E-state index in [0.29, 0.717) is 24.5 Å². The lowest BCUT2D eigenvalue weighted by atomic mass is 10.2. The average Bonchev–Trinajstić information content (AvgIpc) is 2.25. The minimum atomic E-state index is 0.597. The third-order valence-electron chi connectivity index (χ3n) is 1.90. The molecule has 76 valence electrons. The zero-order valence-corrected chi connectivity index (χ0v) is 8.11. The molecule has 0 aliphatic rings. The Morgan fingerprint density at radius 1 is 1.29 bits per heavy atom. The van der Waals surface area contributed by atoms with Crippen LogP contribution in [0.1, 0.15) is 23.2 Å². The van der Waals surface area contributed by atoms with Gasteiger partial charge in [0.2, 0.25) is 0 Å². The highest BCUT2D eigenvalue weighted by Crippen LogP contribution is 2.15. The molecule has 1 aromatic carbocycles. The van der Waals surface area contributed by atoms with Gasteiger partial charge in [-0.25, -0.2) is 0 Å². The molecule has 0 radical (unpaired) electrons. The summed E-state index contributed by atoms with van der Waals surface area (Å²) in [5.74, 6) is 0.652. The molecule has 2 N–H and O–H groups in total. The maximum absolute atomic E-state index is 10.6. The molecule has 3 heteroatoms. The van der Waals surface area contributed by atoms with E-state index in [1.807, 2.05) is 12.1 Å². The van der Waals surface area contributed by atoms with Crippen molar-refractivity contribution in [3.05, 3.63) is 29.8 Å². The van der Waals surface area contributed by atoms with E-state index in [2.05, 4.69) is 0 Å². The van der Waals surface area contributed by atoms with Crippen LogP contribution < -0.4 is 10.5 Å². The molecule has 14 heavy (non-hydrogen) atoms. The molecule has 0 bridgehead atoms. The van der Waals surface area contributed by atoms with Gasteiger partial charge in [-0.1, -0.05) is 12.1 Å². The van der Waals surface area contributed by atoms with Crippen molar-refractivity contribution in [3.63, 3.8) is 0 Å². The summed E-state index contributed by atoms with van der Waals surface area (Å²) < 4.78 is 5.44. The Morgan fingerprint density at radius 3 is 2.79 bits per heavy atom. The summed E-state index contributed by atoms with van der Waals surface area (Å²) in [7, 11) is 0. The van der Waals surface area contributed by atoms with Crippen LogP contribution in [0, 0.1) is 0 Å². The number of ether oxygens (including phenoxy) is 1. The number of carbonyl (C=O) groups is 1. The smallest absolute Gasteiger partial charge is 0.153 e. The SMILES string of the molecule is NCCCCOc1ccccc1C=O. The van der Waals surface area contributed by atoms with Gasteiger partial charge in [-0.05, 0) is 31.5 Å². The number of benzene rings is 1. The minimum Gasteiger partial charge on any atom is -0.493 e. The Kier molecular flexibility index (Phi) is 4.72. The van der Waals surface area contributed by atoms with Crippen LogP contribution in [0.4, 0.5) is 0 Å². The predicted molar refractivity (Wildman–Crippen MR) is 55.6 cm³/mol. The summed E-state index contributed by atoms with van der Waals surface area (Å²) in [5.41, 5.74) is 5.95. The molecule has 0 atom stereocenters. The zero-order chi connectivity index (χ0) is 10.2. The molecular formula is C11H15NO2. The number of hydrogen-bond acceptors (Lipinski definition) is 3. The van der Waals surface area contributed by atoms with Gasteiger partial charge in [-0.3, -0.25) is 4.79 Å². The standard InChI is InChI=1S/C11H15NO2/c12-7-3-4-8-14-11-6-2-1-5-10(11)9-13/h1-2,5-6,9H,3-4,7-8,12H2. The largest absolute Gasteiger partial charge is 0.493 e. The van der Waals surface area contributed by atoms with Crippen LogP contribution in [0.3, 0.4) is 0 Å². The van der Waals surface area contributed by atoms with Crippen molar-refractivity contribution < 1.29 is 9.53 Å². The summed E-state index contributed by atoms with van der Waals surface area (Å²) >= 11 is 0. The van der Waals surface area contributed by atoms with Crippen molar-refractivity contribution in [1.82, 2.24) is 0 Å². The molecule has 0 fully saturated rings. The molecule has 0 spiro atoms. The van der Waals surface area contributed by atoms with Gasteiger partial charge in [0.1, 0.15) is 5.75 Å². The summed E-state index contributed by atoms with van der Waals surface area (Å²) in [6.45, 7) is 1.29. The van der Waals surface area contributed by atoms with Crippen molar-refractivity contribution in [2.75, 3.05) is 13.2 Å². The van der Waals surface area contributed by atoms with Crippen molar-refractivity contribution in [3.8, 4) is 5.75 Å². The topological polar surface area (TPSA) is 52.3 Å². The quantitative estimate of drug-likeness (QED) is 0.551. The molecule has 0 heterocycles. The zero-order valence-electron chi connectivity index (χ0n) is 8.11. The lowest BCUT2D eigenvalue weighted by molar-refractivity contribution is 0.111. The predicted octanol–water partition coefficient (Wildman–Crippen LogP) is 1.62. The van der Waals surface area contributed by atoms with Crippen LogP contribution in [0.15, 0.2) is 24.3 Å². The molecular weight excluding hydrogens is 178 g/mol. The normalized spacial score (nSPS) is 9.79. The van der Waals surface area contributed by atoms with Crippen LogP contribution in [0.2, 0.25) is 0 Å². The second-order valence-electron chi connectivity index (χ2n) is 3.00. The number of unbranched alkanes of at least 4 members (excludes halogenated alkanes) is 1. The maximum atomic E-state index is 10.6. The van der Waals surface area contributed by atoms with Crippen LogP contribution in [0.25, 0.3) is 0 Å².